The maximum atomic E-state index is 11.2. The van der Waals surface area contributed by atoms with Crippen molar-refractivity contribution in [2.45, 2.75) is 18.9 Å². The Kier molecular flexibility index (Phi) is 5.19. The van der Waals surface area contributed by atoms with Crippen LogP contribution in [-0.4, -0.2) is 55.3 Å². The van der Waals surface area contributed by atoms with Crippen LogP contribution in [0, 0.1) is 0 Å². The smallest absolute Gasteiger partial charge is 0.235 e. The van der Waals surface area contributed by atoms with Crippen molar-refractivity contribution in [2.24, 2.45) is 0 Å². The fourth-order valence-electron chi connectivity index (χ4n) is 1.01. The van der Waals surface area contributed by atoms with Gasteiger partial charge in [-0.15, -0.1) is 0 Å². The predicted octanol–water partition coefficient (Wildman–Crippen LogP) is -1.72. The first-order valence-electron chi connectivity index (χ1n) is 4.49. The number of aliphatic hydroxyl groups excluding tert-OH is 2. The van der Waals surface area contributed by atoms with E-state index in [2.05, 4.69) is 5.32 Å². The lowest BCUT2D eigenvalue weighted by atomic mass is 9.99. The molecule has 90 valence electrons. The van der Waals surface area contributed by atoms with E-state index in [9.17, 15) is 13.2 Å². The zero-order valence-corrected chi connectivity index (χ0v) is 9.67. The third kappa shape index (κ3) is 5.10. The van der Waals surface area contributed by atoms with E-state index < -0.39 is 40.2 Å². The molecule has 15 heavy (non-hydrogen) atoms. The lowest BCUT2D eigenvalue weighted by molar-refractivity contribution is -0.122. The molecule has 0 aliphatic rings. The molecule has 0 unspecified atom stereocenters. The van der Waals surface area contributed by atoms with Crippen LogP contribution >= 0.6 is 0 Å². The fourth-order valence-corrected chi connectivity index (χ4v) is 1.56. The van der Waals surface area contributed by atoms with Gasteiger partial charge in [0.2, 0.25) is 5.91 Å². The highest BCUT2D eigenvalue weighted by Gasteiger charge is 2.29. The van der Waals surface area contributed by atoms with E-state index in [0.29, 0.717) is 6.42 Å². The molecule has 0 radical (unpaired) electrons. The Morgan fingerprint density at radius 2 is 1.80 bits per heavy atom. The van der Waals surface area contributed by atoms with Crippen LogP contribution in [0.5, 0.6) is 0 Å². The number of carbonyl (C=O) groups excluding carboxylic acids is 1. The second-order valence-electron chi connectivity index (χ2n) is 3.57. The standard InChI is InChI=1S/C8H17NO5S/c1-3-8(5-10,6-11)9-7(12)4-15(2,13)14/h10-11H,3-6H2,1-2H3,(H,9,12). The number of sulfone groups is 1. The van der Waals surface area contributed by atoms with Crippen molar-refractivity contribution >= 4 is 15.7 Å². The van der Waals surface area contributed by atoms with E-state index >= 15 is 0 Å². The number of rotatable bonds is 6. The molecule has 0 saturated carbocycles. The van der Waals surface area contributed by atoms with Gasteiger partial charge in [0.1, 0.15) is 5.75 Å². The SMILES string of the molecule is CCC(CO)(CO)NC(=O)CS(C)(=O)=O. The quantitative estimate of drug-likeness (QED) is 0.511. The molecule has 0 spiro atoms. The van der Waals surface area contributed by atoms with Gasteiger partial charge in [0.25, 0.3) is 0 Å². The van der Waals surface area contributed by atoms with Gasteiger partial charge in [-0.2, -0.15) is 0 Å². The van der Waals surface area contributed by atoms with E-state index in [-0.39, 0.29) is 0 Å². The van der Waals surface area contributed by atoms with Crippen LogP contribution in [0.1, 0.15) is 13.3 Å². The molecule has 7 heteroatoms. The Labute approximate surface area is 89.2 Å². The maximum Gasteiger partial charge on any atom is 0.235 e. The molecule has 0 heterocycles. The molecule has 3 N–H and O–H groups in total. The van der Waals surface area contributed by atoms with Crippen molar-refractivity contribution < 1.29 is 23.4 Å². The molecule has 0 aliphatic heterocycles. The molecular weight excluding hydrogens is 222 g/mol. The summed E-state index contributed by atoms with van der Waals surface area (Å²) in [4.78, 5) is 11.2. The van der Waals surface area contributed by atoms with Crippen LogP contribution in [0.3, 0.4) is 0 Å². The summed E-state index contributed by atoms with van der Waals surface area (Å²) in [5, 5.41) is 20.3. The van der Waals surface area contributed by atoms with Gasteiger partial charge in [-0.3, -0.25) is 4.79 Å². The Bertz CT molecular complexity index is 299. The third-order valence-corrected chi connectivity index (χ3v) is 2.87. The van der Waals surface area contributed by atoms with Gasteiger partial charge in [0, 0.05) is 6.26 Å². The minimum Gasteiger partial charge on any atom is -0.394 e. The van der Waals surface area contributed by atoms with Crippen LogP contribution in [-0.2, 0) is 14.6 Å². The number of nitrogens with one attached hydrogen (secondary N) is 1. The van der Waals surface area contributed by atoms with E-state index in [1.165, 1.54) is 0 Å². The minimum atomic E-state index is -3.40. The summed E-state index contributed by atoms with van der Waals surface area (Å²) in [6.07, 6.45) is 1.26. The zero-order valence-electron chi connectivity index (χ0n) is 8.86. The Morgan fingerprint density at radius 3 is 2.07 bits per heavy atom. The van der Waals surface area contributed by atoms with Crippen molar-refractivity contribution in [3.05, 3.63) is 0 Å². The molecule has 0 fully saturated rings. The van der Waals surface area contributed by atoms with Gasteiger partial charge >= 0.3 is 0 Å². The first-order valence-corrected chi connectivity index (χ1v) is 6.55. The molecular formula is C8H17NO5S. The molecule has 0 aromatic heterocycles. The van der Waals surface area contributed by atoms with E-state index in [1.54, 1.807) is 6.92 Å². The van der Waals surface area contributed by atoms with Gasteiger partial charge in [-0.05, 0) is 6.42 Å². The second-order valence-corrected chi connectivity index (χ2v) is 5.71. The van der Waals surface area contributed by atoms with Crippen molar-refractivity contribution in [1.82, 2.24) is 5.32 Å². The first kappa shape index (κ1) is 14.3. The molecule has 0 aliphatic carbocycles. The van der Waals surface area contributed by atoms with Crippen LogP contribution in [0.2, 0.25) is 0 Å². The van der Waals surface area contributed by atoms with Gasteiger partial charge in [0.05, 0.1) is 18.8 Å². The molecule has 0 atom stereocenters. The average molecular weight is 239 g/mol. The lowest BCUT2D eigenvalue weighted by Gasteiger charge is -2.29. The van der Waals surface area contributed by atoms with Gasteiger partial charge < -0.3 is 15.5 Å². The summed E-state index contributed by atoms with van der Waals surface area (Å²) in [6.45, 7) is 0.804. The minimum absolute atomic E-state index is 0.315. The maximum absolute atomic E-state index is 11.2. The number of carbonyl (C=O) groups is 1. The Morgan fingerprint density at radius 1 is 1.33 bits per heavy atom. The van der Waals surface area contributed by atoms with Gasteiger partial charge in [-0.1, -0.05) is 6.92 Å². The van der Waals surface area contributed by atoms with E-state index in [0.717, 1.165) is 6.26 Å². The Balaban J connectivity index is 4.50. The Hall–Kier alpha value is -0.660. The number of aliphatic hydroxyl groups is 2. The lowest BCUT2D eigenvalue weighted by Crippen LogP contribution is -2.55. The molecule has 0 bridgehead atoms. The van der Waals surface area contributed by atoms with Crippen LogP contribution in [0.4, 0.5) is 0 Å². The third-order valence-electron chi connectivity index (χ3n) is 2.08. The molecule has 0 saturated heterocycles. The van der Waals surface area contributed by atoms with Crippen molar-refractivity contribution in [3.63, 3.8) is 0 Å². The normalized spacial score (nSPS) is 12.5. The molecule has 1 amide bonds. The summed E-state index contributed by atoms with van der Waals surface area (Å²) < 4.78 is 21.6. The van der Waals surface area contributed by atoms with Crippen LogP contribution in [0.25, 0.3) is 0 Å². The highest BCUT2D eigenvalue weighted by atomic mass is 32.2. The molecule has 0 aromatic rings. The summed E-state index contributed by atoms with van der Waals surface area (Å²) in [6, 6.07) is 0. The first-order chi connectivity index (χ1) is 6.78. The van der Waals surface area contributed by atoms with Crippen molar-refractivity contribution in [1.29, 1.82) is 0 Å². The largest absolute Gasteiger partial charge is 0.394 e. The fraction of sp³-hybridized carbons (Fsp3) is 0.875. The number of hydrogen-bond acceptors (Lipinski definition) is 5. The number of hydrogen-bond donors (Lipinski definition) is 3. The van der Waals surface area contributed by atoms with Gasteiger partial charge in [0.15, 0.2) is 9.84 Å². The highest BCUT2D eigenvalue weighted by molar-refractivity contribution is 7.91. The monoisotopic (exact) mass is 239 g/mol. The van der Waals surface area contributed by atoms with E-state index in [4.69, 9.17) is 10.2 Å². The average Bonchev–Trinajstić information content (AvgIpc) is 2.11. The second kappa shape index (κ2) is 5.43. The van der Waals surface area contributed by atoms with Crippen molar-refractivity contribution in [2.75, 3.05) is 25.2 Å². The summed E-state index contributed by atoms with van der Waals surface area (Å²) in [5.74, 6) is -1.36. The molecule has 6 nitrogen and oxygen atoms in total. The molecule has 0 rings (SSSR count). The number of amides is 1. The van der Waals surface area contributed by atoms with Gasteiger partial charge in [-0.25, -0.2) is 8.42 Å². The van der Waals surface area contributed by atoms with Crippen LogP contribution in [0.15, 0.2) is 0 Å². The topological polar surface area (TPSA) is 104 Å². The summed E-state index contributed by atoms with van der Waals surface area (Å²) in [5.41, 5.74) is -1.14. The van der Waals surface area contributed by atoms with Crippen LogP contribution < -0.4 is 5.32 Å². The highest BCUT2D eigenvalue weighted by Crippen LogP contribution is 2.08. The van der Waals surface area contributed by atoms with Crippen molar-refractivity contribution in [3.8, 4) is 0 Å². The predicted molar refractivity (Wildman–Crippen MR) is 55.0 cm³/mol. The summed E-state index contributed by atoms with van der Waals surface area (Å²) in [7, 11) is -3.40. The van der Waals surface area contributed by atoms with E-state index in [1.807, 2.05) is 0 Å². The summed E-state index contributed by atoms with van der Waals surface area (Å²) >= 11 is 0. The zero-order chi connectivity index (χ0) is 12.1. The molecule has 0 aromatic carbocycles.